The summed E-state index contributed by atoms with van der Waals surface area (Å²) >= 11 is 6.11. The quantitative estimate of drug-likeness (QED) is 0.812. The third kappa shape index (κ3) is 4.98. The van der Waals surface area contributed by atoms with E-state index in [4.69, 9.17) is 16.3 Å². The number of rotatable bonds is 7. The fourth-order valence-corrected chi connectivity index (χ4v) is 1.95. The SMILES string of the molecule is CCCNc1ncc(C(=O)NC(C)(C)COC)cc1Cl. The van der Waals surface area contributed by atoms with Gasteiger partial charge in [-0.05, 0) is 26.3 Å². The molecule has 1 heterocycles. The van der Waals surface area contributed by atoms with Crippen LogP contribution in [0.1, 0.15) is 37.6 Å². The van der Waals surface area contributed by atoms with Gasteiger partial charge >= 0.3 is 0 Å². The number of hydrogen-bond acceptors (Lipinski definition) is 4. The fraction of sp³-hybridized carbons (Fsp3) is 0.571. The van der Waals surface area contributed by atoms with E-state index >= 15 is 0 Å². The number of amides is 1. The zero-order valence-electron chi connectivity index (χ0n) is 12.4. The molecular formula is C14H22ClN3O2. The van der Waals surface area contributed by atoms with Crippen molar-refractivity contribution in [1.29, 1.82) is 0 Å². The summed E-state index contributed by atoms with van der Waals surface area (Å²) in [6.07, 6.45) is 2.49. The number of anilines is 1. The van der Waals surface area contributed by atoms with Gasteiger partial charge < -0.3 is 15.4 Å². The van der Waals surface area contributed by atoms with Gasteiger partial charge in [-0.2, -0.15) is 0 Å². The molecule has 1 rings (SSSR count). The van der Waals surface area contributed by atoms with Crippen LogP contribution in [0.5, 0.6) is 0 Å². The Bertz CT molecular complexity index is 464. The van der Waals surface area contributed by atoms with Crippen molar-refractivity contribution >= 4 is 23.3 Å². The Morgan fingerprint density at radius 2 is 2.20 bits per heavy atom. The normalized spacial score (nSPS) is 11.2. The van der Waals surface area contributed by atoms with Crippen LogP contribution in [0.3, 0.4) is 0 Å². The number of carbonyl (C=O) groups excluding carboxylic acids is 1. The van der Waals surface area contributed by atoms with Gasteiger partial charge in [-0.25, -0.2) is 4.98 Å². The van der Waals surface area contributed by atoms with Crippen LogP contribution in [0.15, 0.2) is 12.3 Å². The van der Waals surface area contributed by atoms with Crippen molar-refractivity contribution in [2.75, 3.05) is 25.6 Å². The smallest absolute Gasteiger partial charge is 0.253 e. The highest BCUT2D eigenvalue weighted by Gasteiger charge is 2.21. The molecule has 0 bridgehead atoms. The summed E-state index contributed by atoms with van der Waals surface area (Å²) in [4.78, 5) is 16.3. The number of carbonyl (C=O) groups is 1. The molecule has 1 aromatic heterocycles. The molecule has 20 heavy (non-hydrogen) atoms. The van der Waals surface area contributed by atoms with Crippen molar-refractivity contribution in [2.45, 2.75) is 32.7 Å². The molecule has 0 radical (unpaired) electrons. The molecule has 0 spiro atoms. The number of hydrogen-bond donors (Lipinski definition) is 2. The predicted octanol–water partition coefficient (Wildman–Crippen LogP) is 2.71. The molecule has 0 aromatic carbocycles. The van der Waals surface area contributed by atoms with E-state index in [1.807, 2.05) is 13.8 Å². The molecule has 6 heteroatoms. The van der Waals surface area contributed by atoms with Gasteiger partial charge in [0.05, 0.1) is 22.7 Å². The molecule has 2 N–H and O–H groups in total. The van der Waals surface area contributed by atoms with Gasteiger partial charge in [0.1, 0.15) is 5.82 Å². The van der Waals surface area contributed by atoms with Crippen molar-refractivity contribution in [1.82, 2.24) is 10.3 Å². The second-order valence-electron chi connectivity index (χ2n) is 5.25. The van der Waals surface area contributed by atoms with E-state index in [0.29, 0.717) is 23.0 Å². The minimum absolute atomic E-state index is 0.219. The van der Waals surface area contributed by atoms with E-state index in [9.17, 15) is 4.79 Å². The second kappa shape index (κ2) is 7.45. The first-order chi connectivity index (χ1) is 9.39. The zero-order valence-corrected chi connectivity index (χ0v) is 13.2. The summed E-state index contributed by atoms with van der Waals surface area (Å²) in [6, 6.07) is 1.62. The maximum atomic E-state index is 12.1. The largest absolute Gasteiger partial charge is 0.382 e. The third-order valence-electron chi connectivity index (χ3n) is 2.60. The Hall–Kier alpha value is -1.33. The number of nitrogens with one attached hydrogen (secondary N) is 2. The molecule has 0 aliphatic carbocycles. The standard InChI is InChI=1S/C14H22ClN3O2/c1-5-6-16-12-11(15)7-10(8-17-12)13(19)18-14(2,3)9-20-4/h7-8H,5-6,9H2,1-4H3,(H,16,17)(H,18,19). The average molecular weight is 300 g/mol. The highest BCUT2D eigenvalue weighted by atomic mass is 35.5. The van der Waals surface area contributed by atoms with Gasteiger partial charge in [0.2, 0.25) is 0 Å². The van der Waals surface area contributed by atoms with Crippen LogP contribution in [0, 0.1) is 0 Å². The maximum Gasteiger partial charge on any atom is 0.253 e. The summed E-state index contributed by atoms with van der Waals surface area (Å²) in [5.41, 5.74) is -0.0153. The molecule has 1 amide bonds. The Balaban J connectivity index is 2.77. The van der Waals surface area contributed by atoms with E-state index in [0.717, 1.165) is 13.0 Å². The number of halogens is 1. The highest BCUT2D eigenvalue weighted by Crippen LogP contribution is 2.20. The first kappa shape index (κ1) is 16.7. The summed E-state index contributed by atoms with van der Waals surface area (Å²) in [6.45, 7) is 7.05. The Morgan fingerprint density at radius 3 is 2.75 bits per heavy atom. The summed E-state index contributed by atoms with van der Waals surface area (Å²) in [7, 11) is 1.60. The van der Waals surface area contributed by atoms with Crippen LogP contribution in [0.25, 0.3) is 0 Å². The molecule has 0 unspecified atom stereocenters. The van der Waals surface area contributed by atoms with Crippen molar-refractivity contribution in [3.8, 4) is 0 Å². The molecule has 0 saturated carbocycles. The monoisotopic (exact) mass is 299 g/mol. The molecule has 0 saturated heterocycles. The number of aromatic nitrogens is 1. The lowest BCUT2D eigenvalue weighted by Crippen LogP contribution is -2.46. The minimum Gasteiger partial charge on any atom is -0.382 e. The lowest BCUT2D eigenvalue weighted by Gasteiger charge is -2.25. The van der Waals surface area contributed by atoms with Gasteiger partial charge in [-0.3, -0.25) is 4.79 Å². The van der Waals surface area contributed by atoms with Crippen LogP contribution in [-0.2, 0) is 4.74 Å². The minimum atomic E-state index is -0.447. The van der Waals surface area contributed by atoms with Crippen LogP contribution >= 0.6 is 11.6 Å². The topological polar surface area (TPSA) is 63.2 Å². The Morgan fingerprint density at radius 1 is 1.50 bits per heavy atom. The van der Waals surface area contributed by atoms with Crippen LogP contribution < -0.4 is 10.6 Å². The third-order valence-corrected chi connectivity index (χ3v) is 2.89. The number of pyridine rings is 1. The van der Waals surface area contributed by atoms with Crippen molar-refractivity contribution < 1.29 is 9.53 Å². The number of methoxy groups -OCH3 is 1. The molecule has 0 aliphatic heterocycles. The van der Waals surface area contributed by atoms with Crippen molar-refractivity contribution in [2.24, 2.45) is 0 Å². The van der Waals surface area contributed by atoms with E-state index in [-0.39, 0.29) is 5.91 Å². The Kier molecular flexibility index (Phi) is 6.23. The molecule has 0 aliphatic rings. The highest BCUT2D eigenvalue weighted by molar-refractivity contribution is 6.33. The Labute approximate surface area is 125 Å². The van der Waals surface area contributed by atoms with Crippen LogP contribution in [0.2, 0.25) is 5.02 Å². The van der Waals surface area contributed by atoms with Gasteiger partial charge in [-0.1, -0.05) is 18.5 Å². The molecule has 112 valence electrons. The molecular weight excluding hydrogens is 278 g/mol. The van der Waals surface area contributed by atoms with E-state index in [1.54, 1.807) is 13.2 Å². The maximum absolute atomic E-state index is 12.1. The van der Waals surface area contributed by atoms with Crippen LogP contribution in [-0.4, -0.2) is 36.7 Å². The molecule has 1 aromatic rings. The average Bonchev–Trinajstić information content (AvgIpc) is 2.36. The first-order valence-corrected chi connectivity index (χ1v) is 6.98. The van der Waals surface area contributed by atoms with Gasteiger partial charge in [0.15, 0.2) is 0 Å². The number of ether oxygens (including phenoxy) is 1. The van der Waals surface area contributed by atoms with Gasteiger partial charge in [0.25, 0.3) is 5.91 Å². The van der Waals surface area contributed by atoms with Gasteiger partial charge in [-0.15, -0.1) is 0 Å². The number of nitrogens with zero attached hydrogens (tertiary/aromatic N) is 1. The van der Waals surface area contributed by atoms with Crippen molar-refractivity contribution in [3.05, 3.63) is 22.8 Å². The second-order valence-corrected chi connectivity index (χ2v) is 5.66. The van der Waals surface area contributed by atoms with Crippen LogP contribution in [0.4, 0.5) is 5.82 Å². The fourth-order valence-electron chi connectivity index (χ4n) is 1.71. The summed E-state index contributed by atoms with van der Waals surface area (Å²) < 4.78 is 5.06. The van der Waals surface area contributed by atoms with E-state index in [1.165, 1.54) is 6.20 Å². The summed E-state index contributed by atoms with van der Waals surface area (Å²) in [5, 5.41) is 6.42. The molecule has 5 nitrogen and oxygen atoms in total. The first-order valence-electron chi connectivity index (χ1n) is 6.60. The van der Waals surface area contributed by atoms with E-state index < -0.39 is 5.54 Å². The van der Waals surface area contributed by atoms with E-state index in [2.05, 4.69) is 22.5 Å². The van der Waals surface area contributed by atoms with Crippen molar-refractivity contribution in [3.63, 3.8) is 0 Å². The predicted molar refractivity (Wildman–Crippen MR) is 81.4 cm³/mol. The summed E-state index contributed by atoms with van der Waals surface area (Å²) in [5.74, 6) is 0.379. The van der Waals surface area contributed by atoms with Gasteiger partial charge in [0, 0.05) is 19.9 Å². The zero-order chi connectivity index (χ0) is 15.2. The molecule has 0 fully saturated rings. The molecule has 0 atom stereocenters. The lowest BCUT2D eigenvalue weighted by atomic mass is 10.1. The lowest BCUT2D eigenvalue weighted by molar-refractivity contribution is 0.0819.